The van der Waals surface area contributed by atoms with E-state index < -0.39 is 11.7 Å². The predicted octanol–water partition coefficient (Wildman–Crippen LogP) is 13.7. The van der Waals surface area contributed by atoms with Gasteiger partial charge in [-0.25, -0.2) is 4.99 Å². The van der Waals surface area contributed by atoms with Gasteiger partial charge in [-0.3, -0.25) is 4.99 Å². The van der Waals surface area contributed by atoms with Crippen molar-refractivity contribution >= 4 is 17.1 Å². The number of hydrogen-bond donors (Lipinski definition) is 0. The molecule has 1 heterocycles. The second-order valence-electron chi connectivity index (χ2n) is 15.5. The molecule has 0 radical (unpaired) electrons. The third-order valence-corrected chi connectivity index (χ3v) is 12.1. The average molecular weight is 743 g/mol. The first-order chi connectivity index (χ1) is 27.4. The van der Waals surface area contributed by atoms with Crippen molar-refractivity contribution in [1.29, 1.82) is 0 Å². The lowest BCUT2D eigenvalue weighted by Crippen LogP contribution is -2.34. The van der Waals surface area contributed by atoms with Gasteiger partial charge in [0.25, 0.3) is 0 Å². The molecular formula is C51H45F3N2. The highest BCUT2D eigenvalue weighted by Gasteiger charge is 2.36. The molecule has 0 bridgehead atoms. The Morgan fingerprint density at radius 2 is 1.34 bits per heavy atom. The molecule has 0 saturated carbocycles. The van der Waals surface area contributed by atoms with E-state index in [1.54, 1.807) is 12.1 Å². The van der Waals surface area contributed by atoms with Gasteiger partial charge >= 0.3 is 6.18 Å². The first kappa shape index (κ1) is 36.1. The number of hydrogen-bond acceptors (Lipinski definition) is 2. The number of nitrogens with zero attached hydrogens (tertiary/aromatic N) is 2. The summed E-state index contributed by atoms with van der Waals surface area (Å²) in [5.41, 5.74) is 13.7. The molecule has 5 heteroatoms. The summed E-state index contributed by atoms with van der Waals surface area (Å²) >= 11 is 0. The lowest BCUT2D eigenvalue weighted by atomic mass is 9.74. The molecule has 0 aromatic heterocycles. The molecule has 0 amide bonds. The highest BCUT2D eigenvalue weighted by atomic mass is 19.4. The van der Waals surface area contributed by atoms with Gasteiger partial charge in [0.2, 0.25) is 0 Å². The summed E-state index contributed by atoms with van der Waals surface area (Å²) in [6.07, 6.45) is 21.3. The van der Waals surface area contributed by atoms with Gasteiger partial charge in [-0.05, 0) is 120 Å². The summed E-state index contributed by atoms with van der Waals surface area (Å²) in [5.74, 6) is 1.17. The minimum absolute atomic E-state index is 0.0220. The number of rotatable bonds is 7. The van der Waals surface area contributed by atoms with Crippen LogP contribution in [-0.2, 0) is 6.18 Å². The third-order valence-electron chi connectivity index (χ3n) is 12.1. The molecule has 5 aliphatic rings. The van der Waals surface area contributed by atoms with Gasteiger partial charge < -0.3 is 0 Å². The third kappa shape index (κ3) is 7.28. The second kappa shape index (κ2) is 15.5. The SMILES string of the molecule is FC(F)(F)c1ccc(-c2ccc(C3CC=C(c4ccc(C5=NC(C6=CCCCC6)C(c6ccccc6)C(C6=CC=CCC6)=N5)cc4)C4=C3CCC=C4)cc2)cc1. The number of amidine groups is 1. The Kier molecular flexibility index (Phi) is 10.0. The Labute approximate surface area is 328 Å². The van der Waals surface area contributed by atoms with E-state index in [-0.39, 0.29) is 17.9 Å². The van der Waals surface area contributed by atoms with E-state index in [4.69, 9.17) is 9.98 Å². The van der Waals surface area contributed by atoms with E-state index in [2.05, 4.69) is 109 Å². The number of aliphatic imine (C=N–C) groups is 2. The minimum atomic E-state index is -4.34. The molecule has 4 aromatic rings. The van der Waals surface area contributed by atoms with Crippen LogP contribution in [0.3, 0.4) is 0 Å². The van der Waals surface area contributed by atoms with Crippen molar-refractivity contribution < 1.29 is 13.2 Å². The monoisotopic (exact) mass is 742 g/mol. The highest BCUT2D eigenvalue weighted by molar-refractivity contribution is 6.17. The van der Waals surface area contributed by atoms with Gasteiger partial charge in [-0.15, -0.1) is 0 Å². The molecule has 280 valence electrons. The van der Waals surface area contributed by atoms with Gasteiger partial charge in [0, 0.05) is 11.5 Å². The van der Waals surface area contributed by atoms with E-state index in [1.807, 2.05) is 12.1 Å². The van der Waals surface area contributed by atoms with Crippen LogP contribution in [0.15, 0.2) is 178 Å². The molecule has 0 N–H and O–H groups in total. The normalized spacial score (nSPS) is 22.4. The fraction of sp³-hybridized carbons (Fsp3) is 0.255. The standard InChI is InChI=1S/C51H45F3N2/c52-51(53,54)42-30-28-35(29-31-42)34-20-22-36(23-21-34)43-32-33-44(46-19-11-10-18-45(43)46)37-24-26-41(27-25-37)50-55-48(39-14-6-2-7-15-39)47(38-12-4-1-5-13-38)49(56-50)40-16-8-3-9-17-40/h1-2,4-6,11-14,16,19-31,33,43,47,49H,3,7-10,15,17-18,32H2. The molecular weight excluding hydrogens is 698 g/mol. The van der Waals surface area contributed by atoms with Gasteiger partial charge in [-0.2, -0.15) is 13.2 Å². The van der Waals surface area contributed by atoms with Crippen molar-refractivity contribution in [3.05, 3.63) is 196 Å². The topological polar surface area (TPSA) is 24.7 Å². The first-order valence-corrected chi connectivity index (χ1v) is 20.2. The molecule has 2 nitrogen and oxygen atoms in total. The van der Waals surface area contributed by atoms with E-state index in [0.29, 0.717) is 0 Å². The first-order valence-electron chi connectivity index (χ1n) is 20.2. The lowest BCUT2D eigenvalue weighted by molar-refractivity contribution is -0.137. The van der Waals surface area contributed by atoms with Gasteiger partial charge in [0.15, 0.2) is 5.84 Å². The van der Waals surface area contributed by atoms with Crippen LogP contribution in [-0.4, -0.2) is 17.6 Å². The van der Waals surface area contributed by atoms with E-state index >= 15 is 0 Å². The lowest BCUT2D eigenvalue weighted by Gasteiger charge is -2.34. The fourth-order valence-electron chi connectivity index (χ4n) is 9.19. The van der Waals surface area contributed by atoms with Crippen molar-refractivity contribution in [2.45, 2.75) is 81.8 Å². The molecule has 4 aromatic carbocycles. The molecule has 0 fully saturated rings. The van der Waals surface area contributed by atoms with Crippen LogP contribution in [0.25, 0.3) is 16.7 Å². The predicted molar refractivity (Wildman–Crippen MR) is 224 cm³/mol. The number of benzene rings is 4. The van der Waals surface area contributed by atoms with Crippen molar-refractivity contribution in [3.63, 3.8) is 0 Å². The van der Waals surface area contributed by atoms with Gasteiger partial charge in [0.05, 0.1) is 23.2 Å². The maximum absolute atomic E-state index is 13.1. The van der Waals surface area contributed by atoms with E-state index in [1.165, 1.54) is 57.4 Å². The van der Waals surface area contributed by atoms with E-state index in [0.717, 1.165) is 85.3 Å². The summed E-state index contributed by atoms with van der Waals surface area (Å²) in [7, 11) is 0. The van der Waals surface area contributed by atoms with Crippen molar-refractivity contribution in [1.82, 2.24) is 0 Å². The number of halogens is 3. The quantitative estimate of drug-likeness (QED) is 0.169. The van der Waals surface area contributed by atoms with Crippen LogP contribution in [0.1, 0.15) is 97.4 Å². The maximum Gasteiger partial charge on any atom is 0.416 e. The average Bonchev–Trinajstić information content (AvgIpc) is 3.26. The molecule has 4 aliphatic carbocycles. The van der Waals surface area contributed by atoms with Crippen molar-refractivity contribution in [2.24, 2.45) is 9.98 Å². The fourth-order valence-corrected chi connectivity index (χ4v) is 9.19. The van der Waals surface area contributed by atoms with Crippen molar-refractivity contribution in [3.8, 4) is 11.1 Å². The Hall–Kier alpha value is -5.55. The van der Waals surface area contributed by atoms with Crippen LogP contribution < -0.4 is 0 Å². The Bertz CT molecular complexity index is 2350. The zero-order valence-corrected chi connectivity index (χ0v) is 31.5. The van der Waals surface area contributed by atoms with Crippen LogP contribution in [0.2, 0.25) is 0 Å². The Morgan fingerprint density at radius 3 is 2.04 bits per heavy atom. The molecule has 9 rings (SSSR count). The molecule has 0 spiro atoms. The Morgan fingerprint density at radius 1 is 0.625 bits per heavy atom. The molecule has 3 atom stereocenters. The van der Waals surface area contributed by atoms with Crippen molar-refractivity contribution in [2.75, 3.05) is 0 Å². The van der Waals surface area contributed by atoms with Crippen LogP contribution in [0, 0.1) is 0 Å². The molecule has 3 unspecified atom stereocenters. The zero-order valence-electron chi connectivity index (χ0n) is 31.5. The number of alkyl halides is 3. The summed E-state index contributed by atoms with van der Waals surface area (Å²) in [6.45, 7) is 0. The molecule has 0 saturated heterocycles. The van der Waals surface area contributed by atoms with E-state index in [9.17, 15) is 13.2 Å². The smallest absolute Gasteiger partial charge is 0.257 e. The summed E-state index contributed by atoms with van der Waals surface area (Å²) in [6, 6.07) is 33.6. The molecule has 1 aliphatic heterocycles. The zero-order chi connectivity index (χ0) is 38.1. The number of allylic oxidation sites excluding steroid dienone is 11. The summed E-state index contributed by atoms with van der Waals surface area (Å²) in [5, 5.41) is 0. The second-order valence-corrected chi connectivity index (χ2v) is 15.5. The maximum atomic E-state index is 13.1. The largest absolute Gasteiger partial charge is 0.416 e. The van der Waals surface area contributed by atoms with Gasteiger partial charge in [0.1, 0.15) is 0 Å². The summed E-state index contributed by atoms with van der Waals surface area (Å²) < 4.78 is 39.4. The van der Waals surface area contributed by atoms with Crippen LogP contribution in [0.5, 0.6) is 0 Å². The summed E-state index contributed by atoms with van der Waals surface area (Å²) in [4.78, 5) is 10.9. The van der Waals surface area contributed by atoms with Crippen LogP contribution in [0.4, 0.5) is 13.2 Å². The Balaban J connectivity index is 1.01. The minimum Gasteiger partial charge on any atom is -0.257 e. The molecule has 56 heavy (non-hydrogen) atoms. The highest BCUT2D eigenvalue weighted by Crippen LogP contribution is 2.46. The van der Waals surface area contributed by atoms with Crippen LogP contribution >= 0.6 is 0 Å². The van der Waals surface area contributed by atoms with Gasteiger partial charge in [-0.1, -0.05) is 139 Å².